The molecule has 1 saturated heterocycles. The van der Waals surface area contributed by atoms with E-state index in [0.717, 1.165) is 24.9 Å². The summed E-state index contributed by atoms with van der Waals surface area (Å²) in [5, 5.41) is 8.96. The average Bonchev–Trinajstić information content (AvgIpc) is 3.17. The minimum absolute atomic E-state index is 0. The van der Waals surface area contributed by atoms with Gasteiger partial charge in [0.25, 0.3) is 5.91 Å². The highest BCUT2D eigenvalue weighted by molar-refractivity contribution is 6.04. The third-order valence-corrected chi connectivity index (χ3v) is 4.51. The van der Waals surface area contributed by atoms with E-state index >= 15 is 0 Å². The molecule has 144 valence electrons. The van der Waals surface area contributed by atoms with Crippen LogP contribution in [0.2, 0.25) is 0 Å². The first-order chi connectivity index (χ1) is 12.5. The molecule has 1 aliphatic heterocycles. The zero-order chi connectivity index (χ0) is 18.5. The van der Waals surface area contributed by atoms with Gasteiger partial charge in [-0.05, 0) is 68.3 Å². The number of halogens is 2. The molecular formula is C20H23ClFN3O2. The van der Waals surface area contributed by atoms with Crippen LogP contribution in [0.25, 0.3) is 0 Å². The summed E-state index contributed by atoms with van der Waals surface area (Å²) in [6, 6.07) is 12.5. The maximum Gasteiger partial charge on any atom is 0.255 e. The summed E-state index contributed by atoms with van der Waals surface area (Å²) >= 11 is 0. The van der Waals surface area contributed by atoms with Crippen LogP contribution in [0.3, 0.4) is 0 Å². The lowest BCUT2D eigenvalue weighted by atomic mass is 10.1. The Labute approximate surface area is 164 Å². The number of hydrogen-bond donors (Lipinski definition) is 3. The van der Waals surface area contributed by atoms with E-state index in [9.17, 15) is 14.0 Å². The summed E-state index contributed by atoms with van der Waals surface area (Å²) in [6.07, 6.45) is 1.89. The molecule has 3 N–H and O–H groups in total. The Hall–Kier alpha value is -2.44. The molecule has 2 aromatic rings. The van der Waals surface area contributed by atoms with Crippen molar-refractivity contribution in [2.45, 2.75) is 31.8 Å². The molecule has 1 fully saturated rings. The van der Waals surface area contributed by atoms with E-state index in [1.165, 1.54) is 24.3 Å². The van der Waals surface area contributed by atoms with Gasteiger partial charge in [-0.25, -0.2) is 4.39 Å². The molecule has 7 heteroatoms. The molecule has 0 aliphatic carbocycles. The summed E-state index contributed by atoms with van der Waals surface area (Å²) < 4.78 is 12.9. The van der Waals surface area contributed by atoms with Crippen molar-refractivity contribution < 1.29 is 14.0 Å². The van der Waals surface area contributed by atoms with Gasteiger partial charge in [-0.1, -0.05) is 12.1 Å². The Balaban J connectivity index is 0.00000261. The Morgan fingerprint density at radius 3 is 2.37 bits per heavy atom. The molecule has 1 aliphatic rings. The van der Waals surface area contributed by atoms with Gasteiger partial charge in [0.05, 0.1) is 12.1 Å². The van der Waals surface area contributed by atoms with Crippen LogP contribution in [0.15, 0.2) is 48.5 Å². The zero-order valence-corrected chi connectivity index (χ0v) is 15.8. The Morgan fingerprint density at radius 2 is 1.78 bits per heavy atom. The average molecular weight is 392 g/mol. The maximum atomic E-state index is 12.9. The minimum Gasteiger partial charge on any atom is -0.348 e. The fourth-order valence-corrected chi connectivity index (χ4v) is 2.97. The molecule has 0 bridgehead atoms. The number of benzene rings is 2. The third kappa shape index (κ3) is 5.52. The minimum atomic E-state index is -0.380. The van der Waals surface area contributed by atoms with Crippen LogP contribution < -0.4 is 16.0 Å². The van der Waals surface area contributed by atoms with Gasteiger partial charge in [0.15, 0.2) is 0 Å². The molecule has 0 radical (unpaired) electrons. The van der Waals surface area contributed by atoms with Gasteiger partial charge in [-0.15, -0.1) is 12.4 Å². The lowest BCUT2D eigenvalue weighted by molar-refractivity contribution is -0.123. The van der Waals surface area contributed by atoms with E-state index in [2.05, 4.69) is 16.0 Å². The molecular weight excluding hydrogens is 369 g/mol. The van der Waals surface area contributed by atoms with Gasteiger partial charge in [-0.3, -0.25) is 9.59 Å². The summed E-state index contributed by atoms with van der Waals surface area (Å²) in [7, 11) is 0. The van der Waals surface area contributed by atoms with Crippen LogP contribution >= 0.6 is 12.4 Å². The predicted octanol–water partition coefficient (Wildman–Crippen LogP) is 3.43. The molecule has 3 rings (SSSR count). The number of anilines is 1. The van der Waals surface area contributed by atoms with Crippen LogP contribution in [-0.2, 0) is 4.79 Å². The summed E-state index contributed by atoms with van der Waals surface area (Å²) in [5.74, 6) is -0.662. The standard InChI is InChI=1S/C20H22FN3O2.ClH/c1-13(23-20(26)18-3-2-12-22-18)14-6-10-17(11-7-14)24-19(25)15-4-8-16(21)9-5-15;/h4-11,13,18,22H,2-3,12H2,1H3,(H,23,26)(H,24,25);1H. The predicted molar refractivity (Wildman–Crippen MR) is 106 cm³/mol. The number of rotatable bonds is 5. The molecule has 0 saturated carbocycles. The molecule has 0 aromatic heterocycles. The molecule has 2 unspecified atom stereocenters. The van der Waals surface area contributed by atoms with Crippen molar-refractivity contribution in [1.82, 2.24) is 10.6 Å². The van der Waals surface area contributed by atoms with Crippen LogP contribution in [-0.4, -0.2) is 24.4 Å². The highest BCUT2D eigenvalue weighted by Gasteiger charge is 2.23. The second-order valence-corrected chi connectivity index (χ2v) is 6.46. The highest BCUT2D eigenvalue weighted by atomic mass is 35.5. The molecule has 5 nitrogen and oxygen atoms in total. The van der Waals surface area contributed by atoms with Crippen molar-refractivity contribution in [1.29, 1.82) is 0 Å². The SMILES string of the molecule is CC(NC(=O)C1CCCN1)c1ccc(NC(=O)c2ccc(F)cc2)cc1.Cl. The zero-order valence-electron chi connectivity index (χ0n) is 15.0. The second kappa shape index (κ2) is 9.48. The smallest absolute Gasteiger partial charge is 0.255 e. The van der Waals surface area contributed by atoms with Gasteiger partial charge >= 0.3 is 0 Å². The summed E-state index contributed by atoms with van der Waals surface area (Å²) in [6.45, 7) is 2.81. The Morgan fingerprint density at radius 1 is 1.11 bits per heavy atom. The van der Waals surface area contributed by atoms with Crippen LogP contribution in [0.4, 0.5) is 10.1 Å². The molecule has 0 spiro atoms. The Kier molecular flexibility index (Phi) is 7.33. The molecule has 27 heavy (non-hydrogen) atoms. The lowest BCUT2D eigenvalue weighted by Gasteiger charge is -2.18. The first-order valence-electron chi connectivity index (χ1n) is 8.73. The molecule has 2 atom stereocenters. The van der Waals surface area contributed by atoms with E-state index in [1.54, 1.807) is 12.1 Å². The normalized spacial score (nSPS) is 16.9. The fraction of sp³-hybridized carbons (Fsp3) is 0.300. The van der Waals surface area contributed by atoms with Gasteiger partial charge in [-0.2, -0.15) is 0 Å². The molecule has 2 aromatic carbocycles. The van der Waals surface area contributed by atoms with Gasteiger partial charge in [0.2, 0.25) is 5.91 Å². The van der Waals surface area contributed by atoms with Crippen LogP contribution in [0, 0.1) is 5.82 Å². The molecule has 1 heterocycles. The second-order valence-electron chi connectivity index (χ2n) is 6.46. The van der Waals surface area contributed by atoms with Crippen LogP contribution in [0.5, 0.6) is 0 Å². The highest BCUT2D eigenvalue weighted by Crippen LogP contribution is 2.18. The van der Waals surface area contributed by atoms with E-state index < -0.39 is 0 Å². The van der Waals surface area contributed by atoms with Crippen molar-refractivity contribution in [2.75, 3.05) is 11.9 Å². The van der Waals surface area contributed by atoms with Crippen molar-refractivity contribution in [3.05, 3.63) is 65.5 Å². The van der Waals surface area contributed by atoms with Crippen LogP contribution in [0.1, 0.15) is 41.7 Å². The van der Waals surface area contributed by atoms with E-state index in [1.807, 2.05) is 19.1 Å². The van der Waals surface area contributed by atoms with Gasteiger partial charge in [0, 0.05) is 11.3 Å². The quantitative estimate of drug-likeness (QED) is 0.731. The first-order valence-corrected chi connectivity index (χ1v) is 8.73. The largest absolute Gasteiger partial charge is 0.348 e. The Bertz CT molecular complexity index is 775. The van der Waals surface area contributed by atoms with Crippen molar-refractivity contribution >= 4 is 29.9 Å². The number of amides is 2. The van der Waals surface area contributed by atoms with Gasteiger partial charge in [0.1, 0.15) is 5.82 Å². The maximum absolute atomic E-state index is 12.9. The third-order valence-electron chi connectivity index (χ3n) is 4.51. The van der Waals surface area contributed by atoms with E-state index in [-0.39, 0.29) is 42.1 Å². The molecule has 2 amide bonds. The number of hydrogen-bond acceptors (Lipinski definition) is 3. The first kappa shape index (κ1) is 20.9. The number of carbonyl (C=O) groups is 2. The topological polar surface area (TPSA) is 70.2 Å². The van der Waals surface area contributed by atoms with E-state index in [4.69, 9.17) is 0 Å². The lowest BCUT2D eigenvalue weighted by Crippen LogP contribution is -2.41. The summed E-state index contributed by atoms with van der Waals surface area (Å²) in [4.78, 5) is 24.3. The van der Waals surface area contributed by atoms with E-state index in [0.29, 0.717) is 11.3 Å². The fourth-order valence-electron chi connectivity index (χ4n) is 2.97. The monoisotopic (exact) mass is 391 g/mol. The summed E-state index contributed by atoms with van der Waals surface area (Å²) in [5.41, 5.74) is 1.98. The number of nitrogens with one attached hydrogen (secondary N) is 3. The van der Waals surface area contributed by atoms with Crippen molar-refractivity contribution in [2.24, 2.45) is 0 Å². The van der Waals surface area contributed by atoms with Crippen molar-refractivity contribution in [3.63, 3.8) is 0 Å². The number of carbonyl (C=O) groups excluding carboxylic acids is 2. The van der Waals surface area contributed by atoms with Gasteiger partial charge < -0.3 is 16.0 Å². The van der Waals surface area contributed by atoms with Crippen molar-refractivity contribution in [3.8, 4) is 0 Å².